The highest BCUT2D eigenvalue weighted by molar-refractivity contribution is 5.76. The summed E-state index contributed by atoms with van der Waals surface area (Å²) in [5.74, 6) is 1.64. The van der Waals surface area contributed by atoms with E-state index in [2.05, 4.69) is 6.92 Å². The molecule has 1 heterocycles. The summed E-state index contributed by atoms with van der Waals surface area (Å²) in [6.07, 6.45) is 6.21. The first-order valence-electron chi connectivity index (χ1n) is 6.61. The molecule has 2 unspecified atom stereocenters. The molecule has 0 spiro atoms. The second kappa shape index (κ2) is 5.17. The molecule has 16 heavy (non-hydrogen) atoms. The molecule has 0 aromatic heterocycles. The van der Waals surface area contributed by atoms with Gasteiger partial charge in [-0.3, -0.25) is 4.79 Å². The fraction of sp³-hybridized carbons (Fsp3) is 0.923. The lowest BCUT2D eigenvalue weighted by Gasteiger charge is -2.27. The minimum atomic E-state index is -0.283. The van der Waals surface area contributed by atoms with Crippen LogP contribution in [0.3, 0.4) is 0 Å². The van der Waals surface area contributed by atoms with Crippen molar-refractivity contribution in [2.24, 2.45) is 11.8 Å². The van der Waals surface area contributed by atoms with Crippen LogP contribution in [0.4, 0.5) is 0 Å². The molecule has 0 aromatic rings. The molecule has 92 valence electrons. The fourth-order valence-corrected chi connectivity index (χ4v) is 3.09. The maximum Gasteiger partial charge on any atom is 0.222 e. The van der Waals surface area contributed by atoms with Crippen LogP contribution in [0.5, 0.6) is 0 Å². The molecule has 2 aliphatic rings. The van der Waals surface area contributed by atoms with Gasteiger partial charge in [0.15, 0.2) is 0 Å². The highest BCUT2D eigenvalue weighted by Gasteiger charge is 2.27. The number of hydrogen-bond acceptors (Lipinski definition) is 2. The van der Waals surface area contributed by atoms with Gasteiger partial charge in [0.05, 0.1) is 6.10 Å². The molecule has 1 aliphatic carbocycles. The van der Waals surface area contributed by atoms with Crippen LogP contribution in [0, 0.1) is 11.8 Å². The van der Waals surface area contributed by atoms with Crippen LogP contribution in [0.25, 0.3) is 0 Å². The zero-order chi connectivity index (χ0) is 11.5. The van der Waals surface area contributed by atoms with Gasteiger partial charge in [-0.2, -0.15) is 0 Å². The quantitative estimate of drug-likeness (QED) is 0.778. The van der Waals surface area contributed by atoms with Crippen molar-refractivity contribution in [1.82, 2.24) is 4.90 Å². The predicted octanol–water partition coefficient (Wildman–Crippen LogP) is 1.80. The second-order valence-corrected chi connectivity index (χ2v) is 5.62. The number of aliphatic hydroxyl groups is 1. The Bertz CT molecular complexity index is 254. The summed E-state index contributed by atoms with van der Waals surface area (Å²) in [4.78, 5) is 13.8. The van der Waals surface area contributed by atoms with E-state index in [1.165, 1.54) is 25.7 Å². The van der Waals surface area contributed by atoms with Crippen molar-refractivity contribution in [3.8, 4) is 0 Å². The number of aliphatic hydroxyl groups excluding tert-OH is 1. The summed E-state index contributed by atoms with van der Waals surface area (Å²) < 4.78 is 0. The first-order valence-corrected chi connectivity index (χ1v) is 6.61. The Morgan fingerprint density at radius 2 is 2.19 bits per heavy atom. The van der Waals surface area contributed by atoms with Crippen molar-refractivity contribution in [1.29, 1.82) is 0 Å². The smallest absolute Gasteiger partial charge is 0.222 e. The van der Waals surface area contributed by atoms with E-state index in [0.717, 1.165) is 18.9 Å². The summed E-state index contributed by atoms with van der Waals surface area (Å²) in [5.41, 5.74) is 0. The lowest BCUT2D eigenvalue weighted by molar-refractivity contribution is -0.131. The minimum Gasteiger partial charge on any atom is -0.391 e. The molecule has 3 atom stereocenters. The van der Waals surface area contributed by atoms with Crippen molar-refractivity contribution in [3.05, 3.63) is 0 Å². The second-order valence-electron chi connectivity index (χ2n) is 5.62. The van der Waals surface area contributed by atoms with Crippen LogP contribution < -0.4 is 0 Å². The number of likely N-dealkylation sites (tertiary alicyclic amines) is 1. The highest BCUT2D eigenvalue weighted by Crippen LogP contribution is 2.31. The molecule has 3 heteroatoms. The van der Waals surface area contributed by atoms with Gasteiger partial charge in [-0.25, -0.2) is 0 Å². The zero-order valence-corrected chi connectivity index (χ0v) is 10.2. The SMILES string of the molecule is CC1CCCC(CC(=O)N2CC[C@@H](O)C2)C1. The lowest BCUT2D eigenvalue weighted by atomic mass is 9.80. The van der Waals surface area contributed by atoms with E-state index < -0.39 is 0 Å². The molecule has 0 bridgehead atoms. The normalized spacial score (nSPS) is 35.4. The summed E-state index contributed by atoms with van der Waals surface area (Å²) in [6, 6.07) is 0. The van der Waals surface area contributed by atoms with Gasteiger partial charge < -0.3 is 10.0 Å². The molecule has 2 rings (SSSR count). The zero-order valence-electron chi connectivity index (χ0n) is 10.2. The topological polar surface area (TPSA) is 40.5 Å². The minimum absolute atomic E-state index is 0.260. The van der Waals surface area contributed by atoms with Gasteiger partial charge in [0, 0.05) is 19.5 Å². The van der Waals surface area contributed by atoms with Gasteiger partial charge in [-0.1, -0.05) is 19.8 Å². The Labute approximate surface area is 97.8 Å². The number of hydrogen-bond donors (Lipinski definition) is 1. The summed E-state index contributed by atoms with van der Waals surface area (Å²) in [6.45, 7) is 3.60. The molecule has 1 N–H and O–H groups in total. The van der Waals surface area contributed by atoms with Crippen LogP contribution in [0.15, 0.2) is 0 Å². The third kappa shape index (κ3) is 2.97. The lowest BCUT2D eigenvalue weighted by Crippen LogP contribution is -2.31. The van der Waals surface area contributed by atoms with E-state index in [1.54, 1.807) is 0 Å². The van der Waals surface area contributed by atoms with E-state index in [1.807, 2.05) is 4.90 Å². The largest absolute Gasteiger partial charge is 0.391 e. The van der Waals surface area contributed by atoms with E-state index in [9.17, 15) is 9.90 Å². The third-order valence-electron chi connectivity index (χ3n) is 4.02. The van der Waals surface area contributed by atoms with Gasteiger partial charge in [-0.15, -0.1) is 0 Å². The third-order valence-corrected chi connectivity index (χ3v) is 4.02. The first-order chi connectivity index (χ1) is 7.65. The van der Waals surface area contributed by atoms with Crippen LogP contribution >= 0.6 is 0 Å². The number of nitrogens with zero attached hydrogens (tertiary/aromatic N) is 1. The van der Waals surface area contributed by atoms with Crippen molar-refractivity contribution in [2.75, 3.05) is 13.1 Å². The molecule has 1 saturated heterocycles. The summed E-state index contributed by atoms with van der Waals surface area (Å²) in [5, 5.41) is 9.40. The van der Waals surface area contributed by atoms with Gasteiger partial charge in [0.2, 0.25) is 5.91 Å². The number of β-amino-alcohol motifs (C(OH)–C–C–N with tert-alkyl or cyclic N) is 1. The van der Waals surface area contributed by atoms with Gasteiger partial charge in [0.25, 0.3) is 0 Å². The van der Waals surface area contributed by atoms with Crippen molar-refractivity contribution >= 4 is 5.91 Å². The highest BCUT2D eigenvalue weighted by atomic mass is 16.3. The van der Waals surface area contributed by atoms with E-state index in [0.29, 0.717) is 18.9 Å². The number of amides is 1. The molecule has 3 nitrogen and oxygen atoms in total. The van der Waals surface area contributed by atoms with Gasteiger partial charge in [-0.05, 0) is 31.1 Å². The Balaban J connectivity index is 1.78. The molecule has 0 aromatic carbocycles. The molecule has 2 fully saturated rings. The Kier molecular flexibility index (Phi) is 3.85. The van der Waals surface area contributed by atoms with E-state index >= 15 is 0 Å². The first kappa shape index (κ1) is 11.9. The number of carbonyl (C=O) groups excluding carboxylic acids is 1. The van der Waals surface area contributed by atoms with Crippen LogP contribution in [-0.4, -0.2) is 35.1 Å². The van der Waals surface area contributed by atoms with E-state index in [4.69, 9.17) is 0 Å². The van der Waals surface area contributed by atoms with Crippen molar-refractivity contribution in [2.45, 2.75) is 51.6 Å². The van der Waals surface area contributed by atoms with Crippen LogP contribution in [0.1, 0.15) is 45.4 Å². The molecule has 1 amide bonds. The molecular weight excluding hydrogens is 202 g/mol. The summed E-state index contributed by atoms with van der Waals surface area (Å²) in [7, 11) is 0. The van der Waals surface area contributed by atoms with Gasteiger partial charge >= 0.3 is 0 Å². The maximum absolute atomic E-state index is 12.0. The average molecular weight is 225 g/mol. The average Bonchev–Trinajstić information content (AvgIpc) is 2.65. The number of carbonyl (C=O) groups is 1. The maximum atomic E-state index is 12.0. The van der Waals surface area contributed by atoms with Gasteiger partial charge in [0.1, 0.15) is 0 Å². The van der Waals surface area contributed by atoms with Crippen LogP contribution in [-0.2, 0) is 4.79 Å². The van der Waals surface area contributed by atoms with Crippen molar-refractivity contribution < 1.29 is 9.90 Å². The Morgan fingerprint density at radius 1 is 1.38 bits per heavy atom. The molecular formula is C13H23NO2. The Morgan fingerprint density at radius 3 is 2.81 bits per heavy atom. The predicted molar refractivity (Wildman–Crippen MR) is 62.9 cm³/mol. The van der Waals surface area contributed by atoms with Crippen molar-refractivity contribution in [3.63, 3.8) is 0 Å². The monoisotopic (exact) mass is 225 g/mol. The fourth-order valence-electron chi connectivity index (χ4n) is 3.09. The molecule has 1 aliphatic heterocycles. The Hall–Kier alpha value is -0.570. The van der Waals surface area contributed by atoms with E-state index in [-0.39, 0.29) is 12.0 Å². The van der Waals surface area contributed by atoms with Crippen LogP contribution in [0.2, 0.25) is 0 Å². The standard InChI is InChI=1S/C13H23NO2/c1-10-3-2-4-11(7-10)8-13(16)14-6-5-12(15)9-14/h10-12,15H,2-9H2,1H3/t10?,11?,12-/m1/s1. The summed E-state index contributed by atoms with van der Waals surface area (Å²) >= 11 is 0. The molecule has 0 radical (unpaired) electrons. The molecule has 1 saturated carbocycles. The number of rotatable bonds is 2.